The molecular formula is C13H18N4O. The molecule has 2 rings (SSSR count). The topological polar surface area (TPSA) is 83.8 Å². The summed E-state index contributed by atoms with van der Waals surface area (Å²) in [4.78, 5) is 12.0. The highest BCUT2D eigenvalue weighted by atomic mass is 16.2. The molecule has 96 valence electrons. The van der Waals surface area contributed by atoms with E-state index >= 15 is 0 Å². The first-order valence-corrected chi connectivity index (χ1v) is 6.12. The van der Waals surface area contributed by atoms with E-state index in [0.717, 1.165) is 17.3 Å². The zero-order valence-corrected chi connectivity index (χ0v) is 10.6. The molecule has 1 heterocycles. The normalized spacial score (nSPS) is 14.4. The molecule has 2 aromatic rings. The molecule has 0 aliphatic carbocycles. The Hall–Kier alpha value is -1.88. The number of benzene rings is 1. The van der Waals surface area contributed by atoms with Crippen LogP contribution in [0, 0.1) is 5.92 Å². The molecule has 4 N–H and O–H groups in total. The molecular weight excluding hydrogens is 228 g/mol. The average molecular weight is 246 g/mol. The summed E-state index contributed by atoms with van der Waals surface area (Å²) in [5, 5.41) is 10.6. The minimum atomic E-state index is -0.492. The molecule has 2 atom stereocenters. The lowest BCUT2D eigenvalue weighted by atomic mass is 9.99. The molecule has 1 aromatic carbocycles. The van der Waals surface area contributed by atoms with E-state index in [-0.39, 0.29) is 11.8 Å². The van der Waals surface area contributed by atoms with Gasteiger partial charge in [-0.3, -0.25) is 9.89 Å². The number of aromatic amines is 1. The number of nitrogens with two attached hydrogens (primary N) is 1. The van der Waals surface area contributed by atoms with Gasteiger partial charge >= 0.3 is 0 Å². The predicted octanol–water partition coefficient (Wildman–Crippen LogP) is 1.87. The van der Waals surface area contributed by atoms with Crippen molar-refractivity contribution in [3.63, 3.8) is 0 Å². The van der Waals surface area contributed by atoms with Crippen molar-refractivity contribution >= 4 is 22.5 Å². The molecule has 1 aromatic heterocycles. The third-order valence-electron chi connectivity index (χ3n) is 3.29. The number of rotatable bonds is 4. The van der Waals surface area contributed by atoms with Crippen LogP contribution in [-0.4, -0.2) is 22.1 Å². The molecule has 1 unspecified atom stereocenters. The quantitative estimate of drug-likeness (QED) is 0.770. The summed E-state index contributed by atoms with van der Waals surface area (Å²) in [5.74, 6) is -0.00239. The van der Waals surface area contributed by atoms with Gasteiger partial charge in [0.1, 0.15) is 0 Å². The minimum Gasteiger partial charge on any atom is -0.323 e. The molecule has 0 aliphatic rings. The van der Waals surface area contributed by atoms with Gasteiger partial charge < -0.3 is 11.1 Å². The van der Waals surface area contributed by atoms with Gasteiger partial charge in [-0.25, -0.2) is 0 Å². The standard InChI is InChI=1S/C13H18N4O/c1-3-8(2)11(14)13(18)16-10-6-4-5-9-7-15-17-12(9)10/h4-8,11H,3,14H2,1-2H3,(H,15,17)(H,16,18)/t8?,11-/m0/s1. The first-order valence-electron chi connectivity index (χ1n) is 6.12. The number of H-pyrrole nitrogens is 1. The molecule has 18 heavy (non-hydrogen) atoms. The number of aromatic nitrogens is 2. The predicted molar refractivity (Wildman–Crippen MR) is 72.2 cm³/mol. The maximum Gasteiger partial charge on any atom is 0.241 e. The number of carbonyl (C=O) groups excluding carboxylic acids is 1. The molecule has 0 bridgehead atoms. The number of anilines is 1. The van der Waals surface area contributed by atoms with Crippen LogP contribution >= 0.6 is 0 Å². The lowest BCUT2D eigenvalue weighted by molar-refractivity contribution is -0.118. The zero-order valence-electron chi connectivity index (χ0n) is 10.6. The largest absolute Gasteiger partial charge is 0.323 e. The van der Waals surface area contributed by atoms with E-state index in [1.165, 1.54) is 0 Å². The number of nitrogens with zero attached hydrogens (tertiary/aromatic N) is 1. The second kappa shape index (κ2) is 5.18. The minimum absolute atomic E-state index is 0.158. The molecule has 0 saturated heterocycles. The van der Waals surface area contributed by atoms with Gasteiger partial charge in [0.2, 0.25) is 5.91 Å². The van der Waals surface area contributed by atoms with Crippen molar-refractivity contribution < 1.29 is 4.79 Å². The zero-order chi connectivity index (χ0) is 13.1. The summed E-state index contributed by atoms with van der Waals surface area (Å²) in [6, 6.07) is 5.15. The van der Waals surface area contributed by atoms with Crippen molar-refractivity contribution in [3.05, 3.63) is 24.4 Å². The fourth-order valence-electron chi connectivity index (χ4n) is 1.80. The SMILES string of the molecule is CCC(C)[C@H](N)C(=O)Nc1cccc2cn[nH]c12. The Kier molecular flexibility index (Phi) is 3.62. The van der Waals surface area contributed by atoms with Gasteiger partial charge in [0, 0.05) is 5.39 Å². The Morgan fingerprint density at radius 2 is 2.33 bits per heavy atom. The Balaban J connectivity index is 2.19. The molecule has 1 amide bonds. The Labute approximate surface area is 106 Å². The summed E-state index contributed by atoms with van der Waals surface area (Å²) in [7, 11) is 0. The molecule has 5 nitrogen and oxygen atoms in total. The van der Waals surface area contributed by atoms with E-state index < -0.39 is 6.04 Å². The highest BCUT2D eigenvalue weighted by molar-refractivity contribution is 6.02. The number of fused-ring (bicyclic) bond motifs is 1. The van der Waals surface area contributed by atoms with E-state index in [0.29, 0.717) is 5.69 Å². The smallest absolute Gasteiger partial charge is 0.241 e. The van der Waals surface area contributed by atoms with Crippen molar-refractivity contribution in [2.45, 2.75) is 26.3 Å². The Bertz CT molecular complexity index is 549. The number of hydrogen-bond donors (Lipinski definition) is 3. The second-order valence-electron chi connectivity index (χ2n) is 4.54. The molecule has 0 spiro atoms. The van der Waals surface area contributed by atoms with E-state index in [4.69, 9.17) is 5.73 Å². The first kappa shape index (κ1) is 12.6. The Morgan fingerprint density at radius 3 is 3.06 bits per heavy atom. The van der Waals surface area contributed by atoms with Crippen LogP contribution in [0.1, 0.15) is 20.3 Å². The van der Waals surface area contributed by atoms with E-state index in [9.17, 15) is 4.79 Å². The summed E-state index contributed by atoms with van der Waals surface area (Å²) < 4.78 is 0. The number of hydrogen-bond acceptors (Lipinski definition) is 3. The van der Waals surface area contributed by atoms with Gasteiger partial charge in [-0.15, -0.1) is 0 Å². The molecule has 0 saturated carbocycles. The van der Waals surface area contributed by atoms with Crippen LogP contribution in [0.15, 0.2) is 24.4 Å². The van der Waals surface area contributed by atoms with Crippen molar-refractivity contribution in [1.29, 1.82) is 0 Å². The summed E-state index contributed by atoms with van der Waals surface area (Å²) in [6.45, 7) is 3.99. The van der Waals surface area contributed by atoms with Crippen molar-refractivity contribution in [1.82, 2.24) is 10.2 Å². The van der Waals surface area contributed by atoms with Gasteiger partial charge in [-0.1, -0.05) is 32.4 Å². The third kappa shape index (κ3) is 2.36. The summed E-state index contributed by atoms with van der Waals surface area (Å²) in [6.07, 6.45) is 2.60. The van der Waals surface area contributed by atoms with E-state index in [1.807, 2.05) is 32.0 Å². The van der Waals surface area contributed by atoms with Crippen LogP contribution in [0.5, 0.6) is 0 Å². The highest BCUT2D eigenvalue weighted by Crippen LogP contribution is 2.21. The molecule has 0 aliphatic heterocycles. The summed E-state index contributed by atoms with van der Waals surface area (Å²) >= 11 is 0. The van der Waals surface area contributed by atoms with Gasteiger partial charge in [0.15, 0.2) is 0 Å². The van der Waals surface area contributed by atoms with Crippen LogP contribution in [-0.2, 0) is 4.79 Å². The first-order chi connectivity index (χ1) is 8.63. The average Bonchev–Trinajstić information content (AvgIpc) is 2.86. The van der Waals surface area contributed by atoms with Gasteiger partial charge in [-0.05, 0) is 12.0 Å². The lowest BCUT2D eigenvalue weighted by Gasteiger charge is -2.17. The van der Waals surface area contributed by atoms with Crippen molar-refractivity contribution in [3.8, 4) is 0 Å². The van der Waals surface area contributed by atoms with Crippen LogP contribution < -0.4 is 11.1 Å². The number of nitrogens with one attached hydrogen (secondary N) is 2. The number of amides is 1. The maximum atomic E-state index is 12.0. The van der Waals surface area contributed by atoms with Crippen molar-refractivity contribution in [2.24, 2.45) is 11.7 Å². The van der Waals surface area contributed by atoms with Crippen LogP contribution in [0.2, 0.25) is 0 Å². The van der Waals surface area contributed by atoms with Crippen molar-refractivity contribution in [2.75, 3.05) is 5.32 Å². The van der Waals surface area contributed by atoms with Gasteiger partial charge in [0.25, 0.3) is 0 Å². The van der Waals surface area contributed by atoms with Crippen LogP contribution in [0.4, 0.5) is 5.69 Å². The maximum absolute atomic E-state index is 12.0. The number of para-hydroxylation sites is 1. The summed E-state index contributed by atoms with van der Waals surface area (Å²) in [5.41, 5.74) is 7.44. The fourth-order valence-corrected chi connectivity index (χ4v) is 1.80. The molecule has 5 heteroatoms. The second-order valence-corrected chi connectivity index (χ2v) is 4.54. The third-order valence-corrected chi connectivity index (χ3v) is 3.29. The van der Waals surface area contributed by atoms with E-state index in [2.05, 4.69) is 15.5 Å². The number of carbonyl (C=O) groups is 1. The van der Waals surface area contributed by atoms with Crippen LogP contribution in [0.3, 0.4) is 0 Å². The van der Waals surface area contributed by atoms with E-state index in [1.54, 1.807) is 6.20 Å². The lowest BCUT2D eigenvalue weighted by Crippen LogP contribution is -2.40. The van der Waals surface area contributed by atoms with Gasteiger partial charge in [-0.2, -0.15) is 5.10 Å². The fraction of sp³-hybridized carbons (Fsp3) is 0.385. The van der Waals surface area contributed by atoms with Gasteiger partial charge in [0.05, 0.1) is 23.4 Å². The highest BCUT2D eigenvalue weighted by Gasteiger charge is 2.20. The molecule has 0 fully saturated rings. The van der Waals surface area contributed by atoms with Crippen LogP contribution in [0.25, 0.3) is 10.9 Å². The Morgan fingerprint density at radius 1 is 1.56 bits per heavy atom. The molecule has 0 radical (unpaired) electrons. The monoisotopic (exact) mass is 246 g/mol.